The molecule has 0 aliphatic carbocycles. The molecule has 0 amide bonds. The summed E-state index contributed by atoms with van der Waals surface area (Å²) in [6.45, 7) is 3.96. The fraction of sp³-hybridized carbons (Fsp3) is 0.450. The number of hydrogen-bond donors (Lipinski definition) is 0. The number of fused-ring (bicyclic) bond motifs is 4. The highest BCUT2D eigenvalue weighted by molar-refractivity contribution is 5.89. The van der Waals surface area contributed by atoms with Crippen LogP contribution in [0.5, 0.6) is 0 Å². The molecule has 0 aromatic carbocycles. The van der Waals surface area contributed by atoms with Crippen molar-refractivity contribution in [2.75, 3.05) is 6.61 Å². The number of aromatic nitrogens is 2. The Kier molecular flexibility index (Phi) is 4.44. The van der Waals surface area contributed by atoms with Gasteiger partial charge in [0.05, 0.1) is 18.4 Å². The van der Waals surface area contributed by atoms with Crippen LogP contribution in [0.15, 0.2) is 18.3 Å². The van der Waals surface area contributed by atoms with Gasteiger partial charge in [-0.3, -0.25) is 4.98 Å². The number of halogens is 1. The molecule has 1 fully saturated rings. The number of aryl methyl sites for hydroxylation is 1. The van der Waals surface area contributed by atoms with Crippen molar-refractivity contribution in [3.05, 3.63) is 46.7 Å². The van der Waals surface area contributed by atoms with E-state index in [2.05, 4.69) is 9.97 Å². The SMILES string of the molecule is CCOC(=O)c1cc(-c2ncc(CC)cc2F)c2c(n1)C1CCC(C2)O1. The number of hydrogen-bond acceptors (Lipinski definition) is 5. The van der Waals surface area contributed by atoms with Gasteiger partial charge < -0.3 is 9.47 Å². The average Bonchev–Trinajstić information content (AvgIpc) is 3.03. The lowest BCUT2D eigenvalue weighted by atomic mass is 9.94. The molecule has 2 aliphatic heterocycles. The predicted molar refractivity (Wildman–Crippen MR) is 93.3 cm³/mol. The summed E-state index contributed by atoms with van der Waals surface area (Å²) in [6, 6.07) is 3.12. The van der Waals surface area contributed by atoms with Gasteiger partial charge in [-0.25, -0.2) is 14.2 Å². The molecule has 0 radical (unpaired) electrons. The highest BCUT2D eigenvalue weighted by Gasteiger charge is 2.37. The van der Waals surface area contributed by atoms with Gasteiger partial charge >= 0.3 is 5.97 Å². The van der Waals surface area contributed by atoms with E-state index in [1.54, 1.807) is 19.2 Å². The third kappa shape index (κ3) is 2.88. The quantitative estimate of drug-likeness (QED) is 0.780. The molecule has 1 saturated heterocycles. The summed E-state index contributed by atoms with van der Waals surface area (Å²) >= 11 is 0. The summed E-state index contributed by atoms with van der Waals surface area (Å²) in [6.07, 6.45) is 4.84. The molecule has 2 aliphatic rings. The lowest BCUT2D eigenvalue weighted by molar-refractivity contribution is 0.0291. The predicted octanol–water partition coefficient (Wildman–Crippen LogP) is 3.80. The zero-order chi connectivity index (χ0) is 18.3. The van der Waals surface area contributed by atoms with Crippen LogP contribution in [0.3, 0.4) is 0 Å². The van der Waals surface area contributed by atoms with Gasteiger partial charge in [-0.15, -0.1) is 0 Å². The molecular weight excluding hydrogens is 335 g/mol. The van der Waals surface area contributed by atoms with E-state index in [4.69, 9.17) is 9.47 Å². The zero-order valence-corrected chi connectivity index (χ0v) is 14.9. The molecule has 0 N–H and O–H groups in total. The maximum absolute atomic E-state index is 14.8. The Labute approximate surface area is 151 Å². The van der Waals surface area contributed by atoms with Gasteiger partial charge in [0.1, 0.15) is 23.3 Å². The Hall–Kier alpha value is -2.34. The molecule has 2 unspecified atom stereocenters. The van der Waals surface area contributed by atoms with Crippen molar-refractivity contribution >= 4 is 5.97 Å². The minimum atomic E-state index is -0.512. The largest absolute Gasteiger partial charge is 0.461 e. The maximum Gasteiger partial charge on any atom is 0.356 e. The van der Waals surface area contributed by atoms with Crippen LogP contribution in [-0.2, 0) is 22.3 Å². The minimum absolute atomic E-state index is 0.125. The number of rotatable bonds is 4. The highest BCUT2D eigenvalue weighted by Crippen LogP contribution is 2.43. The topological polar surface area (TPSA) is 61.3 Å². The monoisotopic (exact) mass is 356 g/mol. The van der Waals surface area contributed by atoms with Crippen LogP contribution in [-0.4, -0.2) is 28.6 Å². The van der Waals surface area contributed by atoms with E-state index in [1.165, 1.54) is 6.07 Å². The zero-order valence-electron chi connectivity index (χ0n) is 14.9. The molecule has 2 aromatic rings. The van der Waals surface area contributed by atoms with E-state index >= 15 is 0 Å². The van der Waals surface area contributed by atoms with Gasteiger partial charge in [0.2, 0.25) is 0 Å². The Bertz CT molecular complexity index is 868. The average molecular weight is 356 g/mol. The molecule has 2 aromatic heterocycles. The van der Waals surface area contributed by atoms with Gasteiger partial charge in [-0.1, -0.05) is 6.92 Å². The first-order valence-corrected chi connectivity index (χ1v) is 9.11. The van der Waals surface area contributed by atoms with Gasteiger partial charge in [-0.2, -0.15) is 0 Å². The van der Waals surface area contributed by atoms with Crippen molar-refractivity contribution in [3.63, 3.8) is 0 Å². The lowest BCUT2D eigenvalue weighted by Crippen LogP contribution is -2.22. The molecule has 2 bridgehead atoms. The standard InChI is InChI=1S/C20H21FN2O3/c1-3-11-7-15(21)18(22-10-11)14-9-16(20(24)25-4-2)23-19-13(14)8-12-5-6-17(19)26-12/h7,9-10,12,17H,3-6,8H2,1-2H3. The molecule has 26 heavy (non-hydrogen) atoms. The van der Waals surface area contributed by atoms with Crippen molar-refractivity contribution in [2.45, 2.75) is 51.7 Å². The smallest absolute Gasteiger partial charge is 0.356 e. The van der Waals surface area contributed by atoms with E-state index in [9.17, 15) is 9.18 Å². The van der Waals surface area contributed by atoms with E-state index < -0.39 is 5.97 Å². The van der Waals surface area contributed by atoms with Crippen molar-refractivity contribution in [3.8, 4) is 11.3 Å². The number of esters is 1. The molecule has 5 nitrogen and oxygen atoms in total. The summed E-state index contributed by atoms with van der Waals surface area (Å²) in [5, 5.41) is 0. The maximum atomic E-state index is 14.8. The van der Waals surface area contributed by atoms with Crippen LogP contribution in [0, 0.1) is 5.82 Å². The second-order valence-corrected chi connectivity index (χ2v) is 6.70. The minimum Gasteiger partial charge on any atom is -0.461 e. The molecule has 136 valence electrons. The normalized spacial score (nSPS) is 20.7. The molecular formula is C20H21FN2O3. The van der Waals surface area contributed by atoms with Crippen LogP contribution in [0.1, 0.15) is 60.1 Å². The number of carbonyl (C=O) groups excluding carboxylic acids is 1. The first-order valence-electron chi connectivity index (χ1n) is 9.11. The summed E-state index contributed by atoms with van der Waals surface area (Å²) in [5.74, 6) is -0.895. The Balaban J connectivity index is 1.89. The van der Waals surface area contributed by atoms with Crippen LogP contribution in [0.25, 0.3) is 11.3 Å². The van der Waals surface area contributed by atoms with Gasteiger partial charge in [0.25, 0.3) is 0 Å². The summed E-state index contributed by atoms with van der Waals surface area (Å²) in [5.41, 5.74) is 3.55. The molecule has 4 rings (SSSR count). The first kappa shape index (κ1) is 17.1. The van der Waals surface area contributed by atoms with Crippen molar-refractivity contribution in [1.82, 2.24) is 9.97 Å². The third-order valence-electron chi connectivity index (χ3n) is 5.05. The fourth-order valence-electron chi connectivity index (χ4n) is 3.75. The lowest BCUT2D eigenvalue weighted by Gasteiger charge is -2.25. The molecule has 0 spiro atoms. The number of carbonyl (C=O) groups is 1. The Morgan fingerprint density at radius 3 is 2.92 bits per heavy atom. The van der Waals surface area contributed by atoms with Crippen molar-refractivity contribution in [1.29, 1.82) is 0 Å². The third-order valence-corrected chi connectivity index (χ3v) is 5.05. The highest BCUT2D eigenvalue weighted by atomic mass is 19.1. The summed E-state index contributed by atoms with van der Waals surface area (Å²) < 4.78 is 25.8. The first-order chi connectivity index (χ1) is 12.6. The van der Waals surface area contributed by atoms with Gasteiger partial charge in [0.15, 0.2) is 0 Å². The second kappa shape index (κ2) is 6.76. The Morgan fingerprint density at radius 2 is 2.19 bits per heavy atom. The van der Waals surface area contributed by atoms with Crippen molar-refractivity contribution in [2.24, 2.45) is 0 Å². The van der Waals surface area contributed by atoms with Crippen molar-refractivity contribution < 1.29 is 18.7 Å². The summed E-state index contributed by atoms with van der Waals surface area (Å²) in [4.78, 5) is 21.1. The number of pyridine rings is 2. The molecule has 2 atom stereocenters. The molecule has 0 saturated carbocycles. The van der Waals surface area contributed by atoms with Crippen LogP contribution >= 0.6 is 0 Å². The van der Waals surface area contributed by atoms with Crippen LogP contribution < -0.4 is 0 Å². The number of ether oxygens (including phenoxy) is 2. The van der Waals surface area contributed by atoms with Gasteiger partial charge in [-0.05, 0) is 49.4 Å². The van der Waals surface area contributed by atoms with E-state index in [0.717, 1.165) is 29.7 Å². The molecule has 6 heteroatoms. The van der Waals surface area contributed by atoms with Gasteiger partial charge in [0, 0.05) is 18.2 Å². The Morgan fingerprint density at radius 1 is 1.35 bits per heavy atom. The summed E-state index contributed by atoms with van der Waals surface area (Å²) in [7, 11) is 0. The van der Waals surface area contributed by atoms with E-state index in [1.807, 2.05) is 6.92 Å². The molecule has 4 heterocycles. The van der Waals surface area contributed by atoms with E-state index in [0.29, 0.717) is 18.4 Å². The second-order valence-electron chi connectivity index (χ2n) is 6.70. The van der Waals surface area contributed by atoms with E-state index in [-0.39, 0.29) is 36.0 Å². The van der Waals surface area contributed by atoms with Crippen LogP contribution in [0.2, 0.25) is 0 Å². The fourth-order valence-corrected chi connectivity index (χ4v) is 3.75. The van der Waals surface area contributed by atoms with Crippen LogP contribution in [0.4, 0.5) is 4.39 Å². The number of nitrogens with zero attached hydrogens (tertiary/aromatic N) is 2.